The van der Waals surface area contributed by atoms with Gasteiger partial charge in [0.1, 0.15) is 5.82 Å². The number of piperidine rings is 1. The standard InChI is InChI=1S/C14H17FN4O2S/c1-11-10-12(15)2-3-14(11)22(20,21)18-8-4-13(5-9-18)19-16-6-7-17-19/h2-3,6-7,10,13H,4-5,8-9H2,1H3. The van der Waals surface area contributed by atoms with E-state index < -0.39 is 15.8 Å². The van der Waals surface area contributed by atoms with E-state index in [1.165, 1.54) is 22.5 Å². The van der Waals surface area contributed by atoms with Gasteiger partial charge in [-0.25, -0.2) is 12.8 Å². The first kappa shape index (κ1) is 15.1. The maximum Gasteiger partial charge on any atom is 0.243 e. The SMILES string of the molecule is Cc1cc(F)ccc1S(=O)(=O)N1CCC(n2nccn2)CC1. The summed E-state index contributed by atoms with van der Waals surface area (Å²) in [6, 6.07) is 3.88. The third-order valence-corrected chi connectivity index (χ3v) is 6.00. The molecule has 0 amide bonds. The van der Waals surface area contributed by atoms with Gasteiger partial charge in [0.25, 0.3) is 0 Å². The molecule has 2 heterocycles. The molecule has 1 aromatic carbocycles. The summed E-state index contributed by atoms with van der Waals surface area (Å²) in [6.45, 7) is 2.42. The van der Waals surface area contributed by atoms with E-state index >= 15 is 0 Å². The van der Waals surface area contributed by atoms with E-state index in [0.29, 0.717) is 31.5 Å². The fourth-order valence-corrected chi connectivity index (χ4v) is 4.44. The minimum Gasteiger partial charge on any atom is -0.207 e. The van der Waals surface area contributed by atoms with Crippen LogP contribution in [0, 0.1) is 12.7 Å². The number of aryl methyl sites for hydroxylation is 1. The van der Waals surface area contributed by atoms with E-state index in [-0.39, 0.29) is 10.9 Å². The van der Waals surface area contributed by atoms with Crippen LogP contribution in [0.25, 0.3) is 0 Å². The Bertz CT molecular complexity index is 753. The van der Waals surface area contributed by atoms with Crippen molar-refractivity contribution < 1.29 is 12.8 Å². The fourth-order valence-electron chi connectivity index (χ4n) is 2.77. The number of aromatic nitrogens is 3. The van der Waals surface area contributed by atoms with E-state index in [9.17, 15) is 12.8 Å². The Kier molecular flexibility index (Phi) is 3.96. The second kappa shape index (κ2) is 5.77. The topological polar surface area (TPSA) is 68.1 Å². The van der Waals surface area contributed by atoms with E-state index in [2.05, 4.69) is 10.2 Å². The van der Waals surface area contributed by atoms with Gasteiger partial charge in [-0.15, -0.1) is 0 Å². The first-order valence-corrected chi connectivity index (χ1v) is 8.54. The molecule has 1 aliphatic rings. The van der Waals surface area contributed by atoms with Crippen LogP contribution in [0.2, 0.25) is 0 Å². The zero-order valence-electron chi connectivity index (χ0n) is 12.2. The Morgan fingerprint density at radius 2 is 1.82 bits per heavy atom. The van der Waals surface area contributed by atoms with Gasteiger partial charge in [0.05, 0.1) is 23.3 Å². The van der Waals surface area contributed by atoms with Crippen LogP contribution in [0.15, 0.2) is 35.5 Å². The third kappa shape index (κ3) is 2.76. The van der Waals surface area contributed by atoms with Gasteiger partial charge < -0.3 is 0 Å². The molecule has 0 aliphatic carbocycles. The van der Waals surface area contributed by atoms with Gasteiger partial charge in [0.2, 0.25) is 10.0 Å². The van der Waals surface area contributed by atoms with Crippen molar-refractivity contribution in [1.82, 2.24) is 19.3 Å². The Hall–Kier alpha value is -1.80. The molecule has 0 spiro atoms. The summed E-state index contributed by atoms with van der Waals surface area (Å²) in [6.07, 6.45) is 4.55. The molecule has 118 valence electrons. The summed E-state index contributed by atoms with van der Waals surface area (Å²) >= 11 is 0. The molecule has 0 saturated carbocycles. The highest BCUT2D eigenvalue weighted by molar-refractivity contribution is 7.89. The second-order valence-corrected chi connectivity index (χ2v) is 7.30. The van der Waals surface area contributed by atoms with Crippen LogP contribution in [0.5, 0.6) is 0 Å². The summed E-state index contributed by atoms with van der Waals surface area (Å²) in [5, 5.41) is 8.21. The molecule has 0 unspecified atom stereocenters. The molecule has 1 aromatic heterocycles. The highest BCUT2D eigenvalue weighted by Gasteiger charge is 2.31. The van der Waals surface area contributed by atoms with Gasteiger partial charge >= 0.3 is 0 Å². The lowest BCUT2D eigenvalue weighted by Crippen LogP contribution is -2.39. The smallest absolute Gasteiger partial charge is 0.207 e. The molecular weight excluding hydrogens is 307 g/mol. The number of hydrogen-bond donors (Lipinski definition) is 0. The molecular formula is C14H17FN4O2S. The largest absolute Gasteiger partial charge is 0.243 e. The molecule has 0 radical (unpaired) electrons. The van der Waals surface area contributed by atoms with Crippen LogP contribution in [0.4, 0.5) is 4.39 Å². The maximum absolute atomic E-state index is 13.2. The lowest BCUT2D eigenvalue weighted by atomic mass is 10.1. The highest BCUT2D eigenvalue weighted by atomic mass is 32.2. The molecule has 22 heavy (non-hydrogen) atoms. The van der Waals surface area contributed by atoms with E-state index in [0.717, 1.165) is 0 Å². The number of rotatable bonds is 3. The summed E-state index contributed by atoms with van der Waals surface area (Å²) < 4.78 is 40.0. The lowest BCUT2D eigenvalue weighted by Gasteiger charge is -2.31. The quantitative estimate of drug-likeness (QED) is 0.862. The van der Waals surface area contributed by atoms with Crippen molar-refractivity contribution in [2.45, 2.75) is 30.7 Å². The number of nitrogens with zero attached hydrogens (tertiary/aromatic N) is 4. The summed E-state index contributed by atoms with van der Waals surface area (Å²) in [7, 11) is -3.59. The zero-order valence-corrected chi connectivity index (χ0v) is 13.0. The summed E-state index contributed by atoms with van der Waals surface area (Å²) in [4.78, 5) is 1.80. The third-order valence-electron chi connectivity index (χ3n) is 3.94. The number of sulfonamides is 1. The number of halogens is 1. The van der Waals surface area contributed by atoms with Crippen molar-refractivity contribution in [3.8, 4) is 0 Å². The highest BCUT2D eigenvalue weighted by Crippen LogP contribution is 2.27. The number of benzene rings is 1. The van der Waals surface area contributed by atoms with Crippen molar-refractivity contribution in [3.63, 3.8) is 0 Å². The van der Waals surface area contributed by atoms with E-state index in [1.807, 2.05) is 0 Å². The monoisotopic (exact) mass is 324 g/mol. The molecule has 0 N–H and O–H groups in total. The van der Waals surface area contributed by atoms with Gasteiger partial charge in [-0.3, -0.25) is 0 Å². The molecule has 6 nitrogen and oxygen atoms in total. The van der Waals surface area contributed by atoms with Crippen molar-refractivity contribution >= 4 is 10.0 Å². The molecule has 0 bridgehead atoms. The van der Waals surface area contributed by atoms with Crippen LogP contribution < -0.4 is 0 Å². The van der Waals surface area contributed by atoms with Gasteiger partial charge in [-0.05, 0) is 43.5 Å². The minimum absolute atomic E-state index is 0.121. The zero-order chi connectivity index (χ0) is 15.7. The van der Waals surface area contributed by atoms with Crippen LogP contribution in [0.3, 0.4) is 0 Å². The Labute approximate surface area is 128 Å². The first-order valence-electron chi connectivity index (χ1n) is 7.10. The van der Waals surface area contributed by atoms with Crippen molar-refractivity contribution in [3.05, 3.63) is 42.0 Å². The number of hydrogen-bond acceptors (Lipinski definition) is 4. The minimum atomic E-state index is -3.59. The van der Waals surface area contributed by atoms with Gasteiger partial charge in [-0.2, -0.15) is 19.3 Å². The molecule has 1 saturated heterocycles. The van der Waals surface area contributed by atoms with E-state index in [1.54, 1.807) is 24.1 Å². The molecule has 1 aliphatic heterocycles. The molecule has 1 fully saturated rings. The Balaban J connectivity index is 1.77. The molecule has 0 atom stereocenters. The Morgan fingerprint density at radius 3 is 2.41 bits per heavy atom. The normalized spacial score (nSPS) is 17.7. The maximum atomic E-state index is 13.2. The average Bonchev–Trinajstić information content (AvgIpc) is 3.01. The molecule has 2 aromatic rings. The average molecular weight is 324 g/mol. The van der Waals surface area contributed by atoms with Crippen LogP contribution in [-0.4, -0.2) is 40.8 Å². The predicted octanol–water partition coefficient (Wildman–Crippen LogP) is 1.75. The van der Waals surface area contributed by atoms with Gasteiger partial charge in [0.15, 0.2) is 0 Å². The van der Waals surface area contributed by atoms with Crippen LogP contribution >= 0.6 is 0 Å². The van der Waals surface area contributed by atoms with Crippen molar-refractivity contribution in [2.24, 2.45) is 0 Å². The first-order chi connectivity index (χ1) is 10.5. The van der Waals surface area contributed by atoms with Crippen LogP contribution in [0.1, 0.15) is 24.4 Å². The van der Waals surface area contributed by atoms with Crippen molar-refractivity contribution in [1.29, 1.82) is 0 Å². The fraction of sp³-hybridized carbons (Fsp3) is 0.429. The summed E-state index contributed by atoms with van der Waals surface area (Å²) in [5.74, 6) is -0.431. The lowest BCUT2D eigenvalue weighted by molar-refractivity contribution is 0.245. The van der Waals surface area contributed by atoms with Gasteiger partial charge in [0, 0.05) is 13.1 Å². The molecule has 3 rings (SSSR count). The predicted molar refractivity (Wildman–Crippen MR) is 78.2 cm³/mol. The molecule has 8 heteroatoms. The second-order valence-electron chi connectivity index (χ2n) is 5.39. The van der Waals surface area contributed by atoms with Crippen LogP contribution in [-0.2, 0) is 10.0 Å². The van der Waals surface area contributed by atoms with E-state index in [4.69, 9.17) is 0 Å². The summed E-state index contributed by atoms with van der Waals surface area (Å²) in [5.41, 5.74) is 0.427. The van der Waals surface area contributed by atoms with Gasteiger partial charge in [-0.1, -0.05) is 0 Å². The van der Waals surface area contributed by atoms with Crippen molar-refractivity contribution in [2.75, 3.05) is 13.1 Å². The Morgan fingerprint density at radius 1 is 1.18 bits per heavy atom.